The van der Waals surface area contributed by atoms with Crippen molar-refractivity contribution in [2.24, 2.45) is 10.3 Å². The highest BCUT2D eigenvalue weighted by atomic mass is 16.4. The van der Waals surface area contributed by atoms with Crippen LogP contribution in [0, 0.1) is 0 Å². The van der Waals surface area contributed by atoms with Gasteiger partial charge in [0.25, 0.3) is 0 Å². The average Bonchev–Trinajstić information content (AvgIpc) is 2.31. The van der Waals surface area contributed by atoms with Crippen molar-refractivity contribution in [3.05, 3.63) is 35.4 Å². The van der Waals surface area contributed by atoms with Crippen molar-refractivity contribution >= 4 is 11.4 Å². The Balaban J connectivity index is 2.68. The first-order valence-corrected chi connectivity index (χ1v) is 5.08. The lowest BCUT2D eigenvalue weighted by Crippen LogP contribution is -2.00. The van der Waals surface area contributed by atoms with Crippen LogP contribution in [0.25, 0.3) is 0 Å². The number of benzene rings is 1. The molecule has 4 nitrogen and oxygen atoms in total. The quantitative estimate of drug-likeness (QED) is 0.465. The lowest BCUT2D eigenvalue weighted by molar-refractivity contribution is 0.317. The fraction of sp³-hybridized carbons (Fsp3) is 0.333. The van der Waals surface area contributed by atoms with Crippen LogP contribution >= 0.6 is 0 Å². The van der Waals surface area contributed by atoms with Gasteiger partial charge in [0.1, 0.15) is 0 Å². The van der Waals surface area contributed by atoms with Crippen LogP contribution in [0.2, 0.25) is 0 Å². The third-order valence-corrected chi connectivity index (χ3v) is 2.28. The zero-order valence-corrected chi connectivity index (χ0v) is 9.51. The van der Waals surface area contributed by atoms with E-state index in [0.717, 1.165) is 11.1 Å². The minimum Gasteiger partial charge on any atom is -0.411 e. The molecule has 0 unspecified atom stereocenters. The Hall–Kier alpha value is -1.84. The largest absolute Gasteiger partial charge is 0.411 e. The molecule has 0 bridgehead atoms. The Morgan fingerprint density at radius 2 is 1.19 bits per heavy atom. The molecular weight excluding hydrogens is 204 g/mol. The van der Waals surface area contributed by atoms with Crippen LogP contribution in [-0.4, -0.2) is 21.8 Å². The van der Waals surface area contributed by atoms with E-state index < -0.39 is 0 Å². The molecule has 0 fully saturated rings. The van der Waals surface area contributed by atoms with Crippen LogP contribution in [0.4, 0.5) is 0 Å². The zero-order chi connectivity index (χ0) is 12.0. The van der Waals surface area contributed by atoms with Gasteiger partial charge in [0.15, 0.2) is 0 Å². The van der Waals surface area contributed by atoms with E-state index in [1.54, 1.807) is 13.8 Å². The number of hydrogen-bond donors (Lipinski definition) is 2. The Bertz CT molecular complexity index is 355. The molecule has 0 aliphatic rings. The smallest absolute Gasteiger partial charge is 0.0583 e. The minimum atomic E-state index is 0.643. The van der Waals surface area contributed by atoms with Gasteiger partial charge in [-0.25, -0.2) is 0 Å². The lowest BCUT2D eigenvalue weighted by atomic mass is 10.0. The molecule has 16 heavy (non-hydrogen) atoms. The first-order chi connectivity index (χ1) is 7.65. The molecule has 0 radical (unpaired) electrons. The maximum absolute atomic E-state index is 8.55. The average molecular weight is 220 g/mol. The van der Waals surface area contributed by atoms with E-state index in [0.29, 0.717) is 24.3 Å². The summed E-state index contributed by atoms with van der Waals surface area (Å²) in [5.74, 6) is 0. The molecule has 1 rings (SSSR count). The summed E-state index contributed by atoms with van der Waals surface area (Å²) >= 11 is 0. The van der Waals surface area contributed by atoms with Gasteiger partial charge in [-0.1, -0.05) is 34.6 Å². The van der Waals surface area contributed by atoms with E-state index in [1.807, 2.05) is 24.3 Å². The molecule has 86 valence electrons. The van der Waals surface area contributed by atoms with Crippen LogP contribution in [0.15, 0.2) is 34.6 Å². The first-order valence-electron chi connectivity index (χ1n) is 5.08. The van der Waals surface area contributed by atoms with Crippen molar-refractivity contribution in [3.8, 4) is 0 Å². The van der Waals surface area contributed by atoms with E-state index in [2.05, 4.69) is 10.3 Å². The number of oxime groups is 2. The van der Waals surface area contributed by atoms with E-state index in [9.17, 15) is 0 Å². The van der Waals surface area contributed by atoms with Crippen molar-refractivity contribution in [2.45, 2.75) is 26.7 Å². The minimum absolute atomic E-state index is 0.643. The van der Waals surface area contributed by atoms with Gasteiger partial charge >= 0.3 is 0 Å². The Labute approximate surface area is 94.9 Å². The van der Waals surface area contributed by atoms with Crippen molar-refractivity contribution in [2.75, 3.05) is 0 Å². The Morgan fingerprint density at radius 3 is 1.44 bits per heavy atom. The summed E-state index contributed by atoms with van der Waals surface area (Å²) in [7, 11) is 0. The summed E-state index contributed by atoms with van der Waals surface area (Å²) in [6.07, 6.45) is 1.29. The predicted octanol–water partition coefficient (Wildman–Crippen LogP) is 2.47. The topological polar surface area (TPSA) is 65.2 Å². The SMILES string of the molecule is C/C(Cc1ccc(C/C(C)=N/O)cc1)=N\O. The summed E-state index contributed by atoms with van der Waals surface area (Å²) in [5, 5.41) is 23.4. The van der Waals surface area contributed by atoms with E-state index >= 15 is 0 Å². The summed E-state index contributed by atoms with van der Waals surface area (Å²) in [5.41, 5.74) is 3.55. The van der Waals surface area contributed by atoms with Crippen LogP contribution in [0.1, 0.15) is 25.0 Å². The molecule has 0 saturated heterocycles. The summed E-state index contributed by atoms with van der Waals surface area (Å²) < 4.78 is 0. The molecule has 0 aromatic heterocycles. The maximum atomic E-state index is 8.55. The summed E-state index contributed by atoms with van der Waals surface area (Å²) in [6.45, 7) is 3.55. The number of nitrogens with zero attached hydrogens (tertiary/aromatic N) is 2. The second-order valence-corrected chi connectivity index (χ2v) is 3.84. The van der Waals surface area contributed by atoms with Crippen LogP contribution < -0.4 is 0 Å². The molecule has 0 aliphatic carbocycles. The third kappa shape index (κ3) is 3.73. The molecule has 0 heterocycles. The Kier molecular flexibility index (Phi) is 4.51. The molecule has 0 amide bonds. The molecular formula is C12H16N2O2. The maximum Gasteiger partial charge on any atom is 0.0583 e. The van der Waals surface area contributed by atoms with Gasteiger partial charge < -0.3 is 10.4 Å². The van der Waals surface area contributed by atoms with Crippen LogP contribution in [0.5, 0.6) is 0 Å². The highest BCUT2D eigenvalue weighted by molar-refractivity contribution is 5.84. The molecule has 4 heteroatoms. The van der Waals surface area contributed by atoms with Crippen LogP contribution in [-0.2, 0) is 12.8 Å². The zero-order valence-electron chi connectivity index (χ0n) is 9.51. The molecule has 0 aliphatic heterocycles. The van der Waals surface area contributed by atoms with Crippen LogP contribution in [0.3, 0.4) is 0 Å². The molecule has 1 aromatic carbocycles. The molecule has 0 saturated carbocycles. The van der Waals surface area contributed by atoms with Gasteiger partial charge in [0, 0.05) is 12.8 Å². The number of rotatable bonds is 4. The van der Waals surface area contributed by atoms with E-state index in [1.165, 1.54) is 0 Å². The molecule has 0 spiro atoms. The molecule has 2 N–H and O–H groups in total. The second kappa shape index (κ2) is 5.90. The van der Waals surface area contributed by atoms with Gasteiger partial charge in [-0.15, -0.1) is 0 Å². The highest BCUT2D eigenvalue weighted by Crippen LogP contribution is 2.07. The predicted molar refractivity (Wildman–Crippen MR) is 63.6 cm³/mol. The standard InChI is InChI=1S/C12H16N2O2/c1-9(13-15)7-11-3-5-12(6-4-11)8-10(2)14-16/h3-6,15-16H,7-8H2,1-2H3/b13-9+,14-10+. The van der Waals surface area contributed by atoms with Gasteiger partial charge in [0.2, 0.25) is 0 Å². The molecule has 0 atom stereocenters. The third-order valence-electron chi connectivity index (χ3n) is 2.28. The lowest BCUT2D eigenvalue weighted by Gasteiger charge is -2.03. The molecule has 1 aromatic rings. The summed E-state index contributed by atoms with van der Waals surface area (Å²) in [6, 6.07) is 7.92. The normalized spacial score (nSPS) is 12.9. The fourth-order valence-electron chi connectivity index (χ4n) is 1.44. The van der Waals surface area contributed by atoms with Crippen molar-refractivity contribution in [1.29, 1.82) is 0 Å². The van der Waals surface area contributed by atoms with Crippen molar-refractivity contribution in [1.82, 2.24) is 0 Å². The second-order valence-electron chi connectivity index (χ2n) is 3.84. The van der Waals surface area contributed by atoms with E-state index in [4.69, 9.17) is 10.4 Å². The Morgan fingerprint density at radius 1 is 0.875 bits per heavy atom. The van der Waals surface area contributed by atoms with E-state index in [-0.39, 0.29) is 0 Å². The van der Waals surface area contributed by atoms with Gasteiger partial charge in [0.05, 0.1) is 11.4 Å². The van der Waals surface area contributed by atoms with Gasteiger partial charge in [-0.05, 0) is 25.0 Å². The van der Waals surface area contributed by atoms with Gasteiger partial charge in [-0.3, -0.25) is 0 Å². The first kappa shape index (κ1) is 12.2. The highest BCUT2D eigenvalue weighted by Gasteiger charge is 1.99. The summed E-state index contributed by atoms with van der Waals surface area (Å²) in [4.78, 5) is 0. The van der Waals surface area contributed by atoms with Crippen molar-refractivity contribution in [3.63, 3.8) is 0 Å². The monoisotopic (exact) mass is 220 g/mol. The van der Waals surface area contributed by atoms with Crippen molar-refractivity contribution < 1.29 is 10.4 Å². The number of hydrogen-bond acceptors (Lipinski definition) is 4. The fourth-order valence-corrected chi connectivity index (χ4v) is 1.44. The van der Waals surface area contributed by atoms with Gasteiger partial charge in [-0.2, -0.15) is 0 Å².